The first-order valence-electron chi connectivity index (χ1n) is 5.81. The number of benzene rings is 2. The Hall–Kier alpha value is -2.49. The zero-order valence-electron chi connectivity index (χ0n) is 10.6. The average Bonchev–Trinajstić information content (AvgIpc) is 2.46. The minimum absolute atomic E-state index is 0.239. The summed E-state index contributed by atoms with van der Waals surface area (Å²) in [7, 11) is 1.54. The molecule has 4 heteroatoms. The molecule has 97 valence electrons. The Morgan fingerprint density at radius 1 is 1.26 bits per heavy atom. The van der Waals surface area contributed by atoms with Gasteiger partial charge in [-0.15, -0.1) is 0 Å². The van der Waals surface area contributed by atoms with Crippen molar-refractivity contribution in [3.8, 4) is 5.75 Å². The van der Waals surface area contributed by atoms with Crippen LogP contribution in [0.1, 0.15) is 5.56 Å². The predicted molar refractivity (Wildman–Crippen MR) is 72.1 cm³/mol. The van der Waals surface area contributed by atoms with Crippen molar-refractivity contribution in [3.05, 3.63) is 60.2 Å². The van der Waals surface area contributed by atoms with E-state index in [9.17, 15) is 4.79 Å². The molecule has 4 nitrogen and oxygen atoms in total. The van der Waals surface area contributed by atoms with Crippen LogP contribution in [0.4, 0.5) is 10.5 Å². The molecule has 2 rings (SSSR count). The van der Waals surface area contributed by atoms with E-state index in [0.29, 0.717) is 11.4 Å². The van der Waals surface area contributed by atoms with Gasteiger partial charge in [0.15, 0.2) is 0 Å². The van der Waals surface area contributed by atoms with Crippen LogP contribution in [0.25, 0.3) is 0 Å². The van der Waals surface area contributed by atoms with Crippen LogP contribution < -0.4 is 10.1 Å². The summed E-state index contributed by atoms with van der Waals surface area (Å²) in [5, 5.41) is 2.63. The Morgan fingerprint density at radius 2 is 2.05 bits per heavy atom. The molecule has 1 N–H and O–H groups in total. The van der Waals surface area contributed by atoms with Gasteiger partial charge in [-0.25, -0.2) is 4.79 Å². The first-order valence-corrected chi connectivity index (χ1v) is 5.81. The minimum Gasteiger partial charge on any atom is -0.496 e. The third-order valence-electron chi connectivity index (χ3n) is 2.45. The maximum atomic E-state index is 11.6. The van der Waals surface area contributed by atoms with Gasteiger partial charge in [-0.2, -0.15) is 0 Å². The molecular weight excluding hydrogens is 242 g/mol. The van der Waals surface area contributed by atoms with Gasteiger partial charge in [0, 0.05) is 17.8 Å². The topological polar surface area (TPSA) is 47.6 Å². The molecule has 0 bridgehead atoms. The first kappa shape index (κ1) is 13.0. The molecule has 0 aliphatic carbocycles. The molecule has 0 aromatic heterocycles. The molecule has 2 aromatic rings. The van der Waals surface area contributed by atoms with E-state index in [1.54, 1.807) is 25.3 Å². The van der Waals surface area contributed by atoms with Crippen molar-refractivity contribution >= 4 is 11.8 Å². The number of amides is 1. The summed E-state index contributed by atoms with van der Waals surface area (Å²) in [4.78, 5) is 11.6. The van der Waals surface area contributed by atoms with Crippen LogP contribution in [-0.4, -0.2) is 13.2 Å². The number of methoxy groups -OCH3 is 1. The second kappa shape index (κ2) is 6.44. The van der Waals surface area contributed by atoms with Gasteiger partial charge in [-0.05, 0) is 17.7 Å². The molecule has 1 amide bonds. The quantitative estimate of drug-likeness (QED) is 0.913. The van der Waals surface area contributed by atoms with E-state index in [2.05, 4.69) is 11.4 Å². The molecule has 0 heterocycles. The summed E-state index contributed by atoms with van der Waals surface area (Å²) in [6.07, 6.45) is -0.503. The molecule has 0 atom stereocenters. The number of nitrogens with one attached hydrogen (secondary N) is 1. The fourth-order valence-corrected chi connectivity index (χ4v) is 1.52. The highest BCUT2D eigenvalue weighted by Gasteiger charge is 2.04. The third kappa shape index (κ3) is 4.03. The normalized spacial score (nSPS) is 9.74. The lowest BCUT2D eigenvalue weighted by Gasteiger charge is -2.08. The molecule has 0 fully saturated rings. The lowest BCUT2D eigenvalue weighted by molar-refractivity contribution is 0.155. The highest BCUT2D eigenvalue weighted by atomic mass is 16.5. The van der Waals surface area contributed by atoms with Gasteiger partial charge < -0.3 is 9.47 Å². The Labute approximate surface area is 112 Å². The van der Waals surface area contributed by atoms with E-state index >= 15 is 0 Å². The highest BCUT2D eigenvalue weighted by Crippen LogP contribution is 2.16. The van der Waals surface area contributed by atoms with E-state index in [1.807, 2.05) is 30.3 Å². The summed E-state index contributed by atoms with van der Waals surface area (Å²) in [5.41, 5.74) is 1.55. The van der Waals surface area contributed by atoms with Crippen LogP contribution in [0.2, 0.25) is 0 Å². The zero-order valence-corrected chi connectivity index (χ0v) is 10.6. The number of carbonyl (C=O) groups is 1. The van der Waals surface area contributed by atoms with Gasteiger partial charge in [0.1, 0.15) is 12.4 Å². The van der Waals surface area contributed by atoms with E-state index < -0.39 is 6.09 Å². The van der Waals surface area contributed by atoms with Crippen LogP contribution in [0.5, 0.6) is 5.75 Å². The number of hydrogen-bond acceptors (Lipinski definition) is 3. The van der Waals surface area contributed by atoms with Crippen LogP contribution >= 0.6 is 0 Å². The minimum atomic E-state index is -0.503. The second-order valence-electron chi connectivity index (χ2n) is 3.83. The summed E-state index contributed by atoms with van der Waals surface area (Å²) < 4.78 is 10.1. The van der Waals surface area contributed by atoms with Crippen molar-refractivity contribution in [2.24, 2.45) is 0 Å². The summed E-state index contributed by atoms with van der Waals surface area (Å²) >= 11 is 0. The van der Waals surface area contributed by atoms with Gasteiger partial charge in [-0.1, -0.05) is 30.3 Å². The summed E-state index contributed by atoms with van der Waals surface area (Å²) in [5.74, 6) is 0.556. The van der Waals surface area contributed by atoms with Gasteiger partial charge >= 0.3 is 6.09 Å². The molecule has 0 aliphatic heterocycles. The lowest BCUT2D eigenvalue weighted by Crippen LogP contribution is -2.13. The number of carbonyl (C=O) groups excluding carboxylic acids is 1. The highest BCUT2D eigenvalue weighted by molar-refractivity contribution is 5.84. The van der Waals surface area contributed by atoms with Crippen molar-refractivity contribution in [3.63, 3.8) is 0 Å². The van der Waals surface area contributed by atoms with Crippen molar-refractivity contribution in [1.29, 1.82) is 0 Å². The molecule has 2 aromatic carbocycles. The van der Waals surface area contributed by atoms with Gasteiger partial charge in [0.05, 0.1) is 7.11 Å². The zero-order chi connectivity index (χ0) is 13.5. The summed E-state index contributed by atoms with van der Waals surface area (Å²) in [6.45, 7) is 0.239. The maximum Gasteiger partial charge on any atom is 0.411 e. The standard InChI is InChI=1S/C15H14NO3/c1-18-14-9-5-8-13(10-14)16-15(17)19-11-12-6-3-2-4-7-12/h2-8,10H,11H2,1H3,(H,16,17). The first-order chi connectivity index (χ1) is 9.28. The summed E-state index contributed by atoms with van der Waals surface area (Å²) in [6, 6.07) is 17.4. The van der Waals surface area contributed by atoms with Crippen LogP contribution in [0.15, 0.2) is 48.5 Å². The SMILES string of the molecule is COc1[c]ccc(NC(=O)OCc2ccccc2)c1. The molecule has 0 spiro atoms. The van der Waals surface area contributed by atoms with Crippen LogP contribution in [-0.2, 0) is 11.3 Å². The van der Waals surface area contributed by atoms with E-state index in [1.165, 1.54) is 0 Å². The largest absolute Gasteiger partial charge is 0.496 e. The third-order valence-corrected chi connectivity index (χ3v) is 2.45. The monoisotopic (exact) mass is 256 g/mol. The number of rotatable bonds is 4. The van der Waals surface area contributed by atoms with E-state index in [-0.39, 0.29) is 6.61 Å². The number of anilines is 1. The van der Waals surface area contributed by atoms with Gasteiger partial charge in [0.25, 0.3) is 0 Å². The number of hydrogen-bond donors (Lipinski definition) is 1. The Bertz CT molecular complexity index is 540. The Kier molecular flexibility index (Phi) is 4.39. The van der Waals surface area contributed by atoms with Crippen molar-refractivity contribution in [1.82, 2.24) is 0 Å². The molecule has 0 saturated carbocycles. The van der Waals surface area contributed by atoms with Gasteiger partial charge in [0.2, 0.25) is 0 Å². The molecule has 0 aliphatic rings. The predicted octanol–water partition coefficient (Wildman–Crippen LogP) is 3.24. The smallest absolute Gasteiger partial charge is 0.411 e. The molecule has 0 unspecified atom stereocenters. The van der Waals surface area contributed by atoms with Crippen LogP contribution in [0, 0.1) is 6.07 Å². The Morgan fingerprint density at radius 3 is 2.79 bits per heavy atom. The van der Waals surface area contributed by atoms with Crippen molar-refractivity contribution in [2.75, 3.05) is 12.4 Å². The van der Waals surface area contributed by atoms with Crippen molar-refractivity contribution < 1.29 is 14.3 Å². The maximum absolute atomic E-state index is 11.6. The molecule has 19 heavy (non-hydrogen) atoms. The van der Waals surface area contributed by atoms with Crippen LogP contribution in [0.3, 0.4) is 0 Å². The molecule has 0 saturated heterocycles. The fourth-order valence-electron chi connectivity index (χ4n) is 1.52. The van der Waals surface area contributed by atoms with E-state index in [0.717, 1.165) is 5.56 Å². The number of ether oxygens (including phenoxy) is 2. The van der Waals surface area contributed by atoms with Crippen molar-refractivity contribution in [2.45, 2.75) is 6.61 Å². The lowest BCUT2D eigenvalue weighted by atomic mass is 10.2. The van der Waals surface area contributed by atoms with Gasteiger partial charge in [-0.3, -0.25) is 5.32 Å². The molecule has 1 radical (unpaired) electrons. The van der Waals surface area contributed by atoms with E-state index in [4.69, 9.17) is 9.47 Å². The Balaban J connectivity index is 1.87. The second-order valence-corrected chi connectivity index (χ2v) is 3.83. The molecular formula is C15H14NO3. The fraction of sp³-hybridized carbons (Fsp3) is 0.133. The average molecular weight is 256 g/mol.